The molecule has 9 heteroatoms. The van der Waals surface area contributed by atoms with E-state index in [-0.39, 0.29) is 11.7 Å². The van der Waals surface area contributed by atoms with Crippen LogP contribution in [0.1, 0.15) is 16.0 Å². The van der Waals surface area contributed by atoms with Gasteiger partial charge in [-0.25, -0.2) is 19.2 Å². The molecule has 0 unspecified atom stereocenters. The summed E-state index contributed by atoms with van der Waals surface area (Å²) in [6, 6.07) is 12.5. The van der Waals surface area contributed by atoms with Crippen molar-refractivity contribution in [1.29, 1.82) is 0 Å². The molecular formula is C24H20FN5O2S. The number of fused-ring (bicyclic) bond motifs is 1. The van der Waals surface area contributed by atoms with Crippen molar-refractivity contribution in [2.75, 3.05) is 11.9 Å². The number of aromatic nitrogens is 4. The molecule has 5 rings (SSSR count). The molecule has 0 amide bonds. The van der Waals surface area contributed by atoms with E-state index in [1.54, 1.807) is 23.5 Å². The maximum Gasteiger partial charge on any atom is 0.377 e. The molecule has 3 aromatic heterocycles. The molecule has 0 atom stereocenters. The minimum atomic E-state index is -0.522. The molecule has 3 heterocycles. The summed E-state index contributed by atoms with van der Waals surface area (Å²) < 4.78 is 20.1. The quantitative estimate of drug-likeness (QED) is 0.365. The lowest BCUT2D eigenvalue weighted by Crippen LogP contribution is -2.07. The number of nitrogens with one attached hydrogen (secondary N) is 2. The normalized spacial score (nSPS) is 11.2. The molecule has 2 aromatic carbocycles. The van der Waals surface area contributed by atoms with E-state index in [0.717, 1.165) is 33.3 Å². The van der Waals surface area contributed by atoms with Gasteiger partial charge < -0.3 is 9.84 Å². The predicted octanol–water partition coefficient (Wildman–Crippen LogP) is 5.11. The molecule has 0 aliphatic heterocycles. The van der Waals surface area contributed by atoms with Crippen LogP contribution in [-0.2, 0) is 6.42 Å². The van der Waals surface area contributed by atoms with Crippen molar-refractivity contribution in [3.8, 4) is 22.7 Å². The summed E-state index contributed by atoms with van der Waals surface area (Å²) in [6.45, 7) is 4.69. The van der Waals surface area contributed by atoms with Crippen LogP contribution in [0.3, 0.4) is 0 Å². The van der Waals surface area contributed by atoms with Gasteiger partial charge in [0.05, 0.1) is 5.69 Å². The average Bonchev–Trinajstić information content (AvgIpc) is 3.38. The van der Waals surface area contributed by atoms with Gasteiger partial charge in [-0.3, -0.25) is 0 Å². The van der Waals surface area contributed by atoms with Gasteiger partial charge in [0, 0.05) is 33.3 Å². The average molecular weight is 462 g/mol. The van der Waals surface area contributed by atoms with Crippen LogP contribution in [0.25, 0.3) is 32.8 Å². The summed E-state index contributed by atoms with van der Waals surface area (Å²) in [6.07, 6.45) is 2.28. The smallest absolute Gasteiger partial charge is 0.370 e. The summed E-state index contributed by atoms with van der Waals surface area (Å²) in [5.74, 6) is 0.748. The van der Waals surface area contributed by atoms with Crippen LogP contribution in [0.5, 0.6) is 0 Å². The van der Waals surface area contributed by atoms with E-state index >= 15 is 0 Å². The van der Waals surface area contributed by atoms with Gasteiger partial charge in [-0.15, -0.1) is 11.3 Å². The fourth-order valence-electron chi connectivity index (χ4n) is 3.87. The van der Waals surface area contributed by atoms with Crippen molar-refractivity contribution in [2.24, 2.45) is 0 Å². The van der Waals surface area contributed by atoms with Gasteiger partial charge in [-0.1, -0.05) is 12.1 Å². The zero-order chi connectivity index (χ0) is 22.9. The predicted molar refractivity (Wildman–Crippen MR) is 127 cm³/mol. The summed E-state index contributed by atoms with van der Waals surface area (Å²) >= 11 is 1.71. The largest absolute Gasteiger partial charge is 0.377 e. The minimum absolute atomic E-state index is 0.201. The van der Waals surface area contributed by atoms with Crippen molar-refractivity contribution in [3.05, 3.63) is 81.1 Å². The van der Waals surface area contributed by atoms with Crippen LogP contribution in [0, 0.1) is 19.7 Å². The molecule has 0 radical (unpaired) electrons. The lowest BCUT2D eigenvalue weighted by Gasteiger charge is -2.08. The maximum atomic E-state index is 13.9. The van der Waals surface area contributed by atoms with Gasteiger partial charge in [0.1, 0.15) is 18.0 Å². The summed E-state index contributed by atoms with van der Waals surface area (Å²) in [5.41, 5.74) is 3.96. The third-order valence-electron chi connectivity index (χ3n) is 5.46. The summed E-state index contributed by atoms with van der Waals surface area (Å²) in [4.78, 5) is 24.8. The fraction of sp³-hybridized carbons (Fsp3) is 0.167. The maximum absolute atomic E-state index is 13.9. The minimum Gasteiger partial charge on any atom is -0.370 e. The number of H-pyrrole nitrogens is 1. The van der Waals surface area contributed by atoms with Gasteiger partial charge in [0.15, 0.2) is 0 Å². The highest BCUT2D eigenvalue weighted by Crippen LogP contribution is 2.34. The molecule has 33 heavy (non-hydrogen) atoms. The molecule has 0 spiro atoms. The van der Waals surface area contributed by atoms with E-state index in [0.29, 0.717) is 17.9 Å². The van der Waals surface area contributed by atoms with Crippen LogP contribution in [-0.4, -0.2) is 26.7 Å². The van der Waals surface area contributed by atoms with Crippen LogP contribution in [0.2, 0.25) is 0 Å². The Morgan fingerprint density at radius 2 is 1.88 bits per heavy atom. The fourth-order valence-corrected chi connectivity index (χ4v) is 5.02. The Balaban J connectivity index is 1.30. The number of anilines is 1. The highest BCUT2D eigenvalue weighted by atomic mass is 32.1. The SMILES string of the molecule is Cc1sc2c(C)cc(F)cc2c1CCNc1cc(-c2ccc(-c3nc(=O)[nH]o3)cc2)ncn1. The van der Waals surface area contributed by atoms with E-state index in [1.165, 1.54) is 16.8 Å². The van der Waals surface area contributed by atoms with Crippen molar-refractivity contribution < 1.29 is 8.91 Å². The number of aromatic amines is 1. The molecule has 0 saturated carbocycles. The Bertz CT molecular complexity index is 1500. The number of rotatable bonds is 6. The number of nitrogens with zero attached hydrogens (tertiary/aromatic N) is 3. The first-order valence-electron chi connectivity index (χ1n) is 10.4. The Hall–Kier alpha value is -3.85. The lowest BCUT2D eigenvalue weighted by atomic mass is 10.1. The zero-order valence-corrected chi connectivity index (χ0v) is 18.8. The van der Waals surface area contributed by atoms with Crippen LogP contribution < -0.4 is 11.0 Å². The Morgan fingerprint density at radius 3 is 2.64 bits per heavy atom. The first kappa shape index (κ1) is 21.0. The Labute approximate surface area is 192 Å². The van der Waals surface area contributed by atoms with Crippen molar-refractivity contribution in [3.63, 3.8) is 0 Å². The van der Waals surface area contributed by atoms with E-state index in [2.05, 4.69) is 32.3 Å². The summed E-state index contributed by atoms with van der Waals surface area (Å²) in [5, 5.41) is 6.52. The topological polar surface area (TPSA) is 96.7 Å². The number of aryl methyl sites for hydroxylation is 2. The van der Waals surface area contributed by atoms with Crippen molar-refractivity contribution in [1.82, 2.24) is 20.1 Å². The Kier molecular flexibility index (Phi) is 5.47. The van der Waals surface area contributed by atoms with Gasteiger partial charge in [-0.2, -0.15) is 10.1 Å². The molecule has 0 fully saturated rings. The number of hydrogen-bond acceptors (Lipinski definition) is 7. The van der Waals surface area contributed by atoms with Gasteiger partial charge in [0.2, 0.25) is 0 Å². The zero-order valence-electron chi connectivity index (χ0n) is 18.0. The van der Waals surface area contributed by atoms with Gasteiger partial charge in [0.25, 0.3) is 5.89 Å². The molecule has 166 valence electrons. The second-order valence-electron chi connectivity index (χ2n) is 7.71. The molecular weight excluding hydrogens is 441 g/mol. The molecule has 5 aromatic rings. The van der Waals surface area contributed by atoms with E-state index < -0.39 is 5.69 Å². The second kappa shape index (κ2) is 8.59. The molecule has 0 aliphatic rings. The molecule has 0 bridgehead atoms. The van der Waals surface area contributed by atoms with Crippen molar-refractivity contribution in [2.45, 2.75) is 20.3 Å². The van der Waals surface area contributed by atoms with E-state index in [4.69, 9.17) is 4.52 Å². The van der Waals surface area contributed by atoms with Crippen LogP contribution >= 0.6 is 11.3 Å². The van der Waals surface area contributed by atoms with Crippen LogP contribution in [0.4, 0.5) is 10.2 Å². The summed E-state index contributed by atoms with van der Waals surface area (Å²) in [7, 11) is 0. The molecule has 7 nitrogen and oxygen atoms in total. The third-order valence-corrected chi connectivity index (χ3v) is 6.76. The highest BCUT2D eigenvalue weighted by molar-refractivity contribution is 7.19. The number of hydrogen-bond donors (Lipinski definition) is 2. The van der Waals surface area contributed by atoms with Crippen molar-refractivity contribution >= 4 is 27.2 Å². The lowest BCUT2D eigenvalue weighted by molar-refractivity contribution is 0.424. The number of halogens is 1. The number of benzene rings is 2. The first-order chi connectivity index (χ1) is 16.0. The molecule has 0 aliphatic carbocycles. The monoisotopic (exact) mass is 461 g/mol. The second-order valence-corrected chi connectivity index (χ2v) is 8.93. The molecule has 0 saturated heterocycles. The van der Waals surface area contributed by atoms with E-state index in [1.807, 2.05) is 37.3 Å². The highest BCUT2D eigenvalue weighted by Gasteiger charge is 2.13. The third kappa shape index (κ3) is 4.27. The van der Waals surface area contributed by atoms with Gasteiger partial charge in [-0.05, 0) is 61.0 Å². The van der Waals surface area contributed by atoms with Crippen LogP contribution in [0.15, 0.2) is 58.1 Å². The first-order valence-corrected chi connectivity index (χ1v) is 11.2. The van der Waals surface area contributed by atoms with Gasteiger partial charge >= 0.3 is 5.69 Å². The van der Waals surface area contributed by atoms with E-state index in [9.17, 15) is 9.18 Å². The molecule has 2 N–H and O–H groups in total. The number of thiophene rings is 1. The standard InChI is InChI=1S/C24H20FN5O2S/c1-13-9-17(25)10-19-18(14(2)33-22(13)19)7-8-26-21-11-20(27-12-28-21)15-3-5-16(6-4-15)23-29-24(31)30-32-23/h3-6,9-12H,7-8H2,1-2H3,(H,30,31)(H,26,27,28). The Morgan fingerprint density at radius 1 is 1.09 bits per heavy atom.